The standard InChI is InChI=1S/C35H50ClF/c1-3-4-5-6-7-10-27-13-15-28(16-14-27)17-18-29-19-24-34(35(37)25-29)33-12-9-8-11-32(33)26(2)30-20-22-31(36)23-21-30/h8-9,11-12,20-23,26-29,34-35H,3-7,10,13-19,24-25H2,1-2H3/t26?,27-,28-,29?,34?,35?. The molecule has 37 heavy (non-hydrogen) atoms. The van der Waals surface area contributed by atoms with Crippen LogP contribution in [0.5, 0.6) is 0 Å². The van der Waals surface area contributed by atoms with E-state index in [0.717, 1.165) is 29.7 Å². The third kappa shape index (κ3) is 8.32. The van der Waals surface area contributed by atoms with Crippen LogP contribution in [0.2, 0.25) is 5.02 Å². The molecule has 0 spiro atoms. The third-order valence-corrected chi connectivity index (χ3v) is 10.0. The monoisotopic (exact) mass is 524 g/mol. The largest absolute Gasteiger partial charge is 0.247 e. The Kier molecular flexibility index (Phi) is 11.4. The first-order valence-electron chi connectivity index (χ1n) is 15.5. The Labute approximate surface area is 231 Å². The highest BCUT2D eigenvalue weighted by Crippen LogP contribution is 2.44. The van der Waals surface area contributed by atoms with Gasteiger partial charge in [-0.05, 0) is 65.8 Å². The lowest BCUT2D eigenvalue weighted by Gasteiger charge is -2.35. The van der Waals surface area contributed by atoms with Gasteiger partial charge in [-0.1, -0.05) is 139 Å². The van der Waals surface area contributed by atoms with Crippen LogP contribution in [0.4, 0.5) is 4.39 Å². The normalized spacial score (nSPS) is 27.2. The van der Waals surface area contributed by atoms with E-state index >= 15 is 4.39 Å². The Morgan fingerprint density at radius 1 is 0.757 bits per heavy atom. The van der Waals surface area contributed by atoms with Crippen molar-refractivity contribution in [3.8, 4) is 0 Å². The first kappa shape index (κ1) is 28.7. The molecule has 0 amide bonds. The minimum atomic E-state index is -0.722. The molecule has 0 N–H and O–H groups in total. The molecule has 2 heteroatoms. The topological polar surface area (TPSA) is 0 Å². The fourth-order valence-corrected chi connectivity index (χ4v) is 7.43. The number of hydrogen-bond donors (Lipinski definition) is 0. The van der Waals surface area contributed by atoms with Crippen molar-refractivity contribution in [3.05, 3.63) is 70.2 Å². The maximum Gasteiger partial charge on any atom is 0.107 e. The lowest BCUT2D eigenvalue weighted by molar-refractivity contribution is 0.152. The Morgan fingerprint density at radius 3 is 2.08 bits per heavy atom. The summed E-state index contributed by atoms with van der Waals surface area (Å²) in [7, 11) is 0. The average molecular weight is 525 g/mol. The van der Waals surface area contributed by atoms with Crippen molar-refractivity contribution in [3.63, 3.8) is 0 Å². The quantitative estimate of drug-likeness (QED) is 0.242. The van der Waals surface area contributed by atoms with E-state index in [0.29, 0.717) is 5.92 Å². The Balaban J connectivity index is 1.23. The Hall–Kier alpha value is -1.34. The molecule has 2 saturated carbocycles. The second-order valence-corrected chi connectivity index (χ2v) is 12.8. The van der Waals surface area contributed by atoms with Gasteiger partial charge in [0.05, 0.1) is 0 Å². The molecule has 0 nitrogen and oxygen atoms in total. The van der Waals surface area contributed by atoms with Crippen LogP contribution in [0.15, 0.2) is 48.5 Å². The number of halogens is 2. The smallest absolute Gasteiger partial charge is 0.107 e. The fraction of sp³-hybridized carbons (Fsp3) is 0.657. The van der Waals surface area contributed by atoms with Crippen LogP contribution in [0.25, 0.3) is 0 Å². The van der Waals surface area contributed by atoms with Crippen LogP contribution in [0, 0.1) is 17.8 Å². The molecule has 4 unspecified atom stereocenters. The molecule has 0 saturated heterocycles. The zero-order valence-electron chi connectivity index (χ0n) is 23.4. The SMILES string of the molecule is CCCCCCC[C@H]1CC[C@H](CCC2CCC(c3ccccc3C(C)c3ccc(Cl)cc3)C(F)C2)CC1. The molecule has 2 aromatic carbocycles. The van der Waals surface area contributed by atoms with Crippen molar-refractivity contribution < 1.29 is 4.39 Å². The van der Waals surface area contributed by atoms with Crippen LogP contribution in [-0.2, 0) is 0 Å². The molecule has 2 fully saturated rings. The summed E-state index contributed by atoms with van der Waals surface area (Å²) >= 11 is 6.11. The van der Waals surface area contributed by atoms with E-state index in [-0.39, 0.29) is 11.8 Å². The minimum Gasteiger partial charge on any atom is -0.247 e. The molecular formula is C35H50ClF. The van der Waals surface area contributed by atoms with Crippen LogP contribution in [0.1, 0.15) is 139 Å². The maximum absolute atomic E-state index is 15.7. The second kappa shape index (κ2) is 14.7. The van der Waals surface area contributed by atoms with E-state index in [1.165, 1.54) is 100 Å². The van der Waals surface area contributed by atoms with Gasteiger partial charge < -0.3 is 0 Å². The summed E-state index contributed by atoms with van der Waals surface area (Å²) in [6.07, 6.45) is 19.0. The molecule has 2 aliphatic carbocycles. The first-order chi connectivity index (χ1) is 18.0. The molecule has 204 valence electrons. The van der Waals surface area contributed by atoms with Gasteiger partial charge in [0.15, 0.2) is 0 Å². The second-order valence-electron chi connectivity index (χ2n) is 12.4. The summed E-state index contributed by atoms with van der Waals surface area (Å²) in [5, 5.41) is 0.761. The van der Waals surface area contributed by atoms with Crippen LogP contribution in [0.3, 0.4) is 0 Å². The molecule has 0 heterocycles. The van der Waals surface area contributed by atoms with Gasteiger partial charge >= 0.3 is 0 Å². The lowest BCUT2D eigenvalue weighted by atomic mass is 9.72. The zero-order chi connectivity index (χ0) is 26.0. The summed E-state index contributed by atoms with van der Waals surface area (Å²) in [6, 6.07) is 16.7. The number of unbranched alkanes of at least 4 members (excludes halogenated alkanes) is 4. The van der Waals surface area contributed by atoms with E-state index in [2.05, 4.69) is 50.2 Å². The van der Waals surface area contributed by atoms with E-state index in [9.17, 15) is 0 Å². The molecule has 0 bridgehead atoms. The highest BCUT2D eigenvalue weighted by molar-refractivity contribution is 6.30. The van der Waals surface area contributed by atoms with E-state index in [4.69, 9.17) is 11.6 Å². The summed E-state index contributed by atoms with van der Waals surface area (Å²) in [6.45, 7) is 4.53. The van der Waals surface area contributed by atoms with Crippen molar-refractivity contribution in [1.29, 1.82) is 0 Å². The van der Waals surface area contributed by atoms with Crippen molar-refractivity contribution in [2.24, 2.45) is 17.8 Å². The molecule has 0 aromatic heterocycles. The van der Waals surface area contributed by atoms with Crippen molar-refractivity contribution in [2.75, 3.05) is 0 Å². The number of rotatable bonds is 12. The molecule has 2 aromatic rings. The van der Waals surface area contributed by atoms with Gasteiger partial charge in [-0.3, -0.25) is 0 Å². The summed E-state index contributed by atoms with van der Waals surface area (Å²) in [4.78, 5) is 0. The van der Waals surface area contributed by atoms with Crippen LogP contribution in [-0.4, -0.2) is 6.17 Å². The molecule has 2 aliphatic rings. The van der Waals surface area contributed by atoms with Gasteiger partial charge in [-0.25, -0.2) is 4.39 Å². The predicted octanol–water partition coefficient (Wildman–Crippen LogP) is 11.7. The third-order valence-electron chi connectivity index (χ3n) is 9.78. The molecular weight excluding hydrogens is 475 g/mol. The average Bonchev–Trinajstić information content (AvgIpc) is 2.92. The molecule has 0 aliphatic heterocycles. The van der Waals surface area contributed by atoms with Gasteiger partial charge in [0.25, 0.3) is 0 Å². The van der Waals surface area contributed by atoms with E-state index in [1.54, 1.807) is 0 Å². The molecule has 0 radical (unpaired) electrons. The van der Waals surface area contributed by atoms with Crippen LogP contribution < -0.4 is 0 Å². The van der Waals surface area contributed by atoms with Crippen LogP contribution >= 0.6 is 11.6 Å². The van der Waals surface area contributed by atoms with Gasteiger partial charge in [-0.15, -0.1) is 0 Å². The first-order valence-corrected chi connectivity index (χ1v) is 15.9. The summed E-state index contributed by atoms with van der Waals surface area (Å²) < 4.78 is 15.7. The molecule has 4 rings (SSSR count). The van der Waals surface area contributed by atoms with Gasteiger partial charge in [0.2, 0.25) is 0 Å². The van der Waals surface area contributed by atoms with Gasteiger partial charge in [0.1, 0.15) is 6.17 Å². The van der Waals surface area contributed by atoms with Gasteiger partial charge in [-0.2, -0.15) is 0 Å². The fourth-order valence-electron chi connectivity index (χ4n) is 7.30. The van der Waals surface area contributed by atoms with Crippen molar-refractivity contribution in [1.82, 2.24) is 0 Å². The highest BCUT2D eigenvalue weighted by atomic mass is 35.5. The maximum atomic E-state index is 15.7. The summed E-state index contributed by atoms with van der Waals surface area (Å²) in [5.74, 6) is 2.73. The zero-order valence-corrected chi connectivity index (χ0v) is 24.2. The number of hydrogen-bond acceptors (Lipinski definition) is 0. The van der Waals surface area contributed by atoms with Crippen molar-refractivity contribution in [2.45, 2.75) is 128 Å². The van der Waals surface area contributed by atoms with Crippen molar-refractivity contribution >= 4 is 11.6 Å². The highest BCUT2D eigenvalue weighted by Gasteiger charge is 2.34. The predicted molar refractivity (Wildman–Crippen MR) is 158 cm³/mol. The summed E-state index contributed by atoms with van der Waals surface area (Å²) in [5.41, 5.74) is 3.74. The number of alkyl halides is 1. The lowest BCUT2D eigenvalue weighted by Crippen LogP contribution is -2.26. The van der Waals surface area contributed by atoms with Gasteiger partial charge in [0, 0.05) is 16.9 Å². The van der Waals surface area contributed by atoms with E-state index < -0.39 is 6.17 Å². The molecule has 4 atom stereocenters. The Bertz CT molecular complexity index is 913. The Morgan fingerprint density at radius 2 is 1.38 bits per heavy atom. The number of benzene rings is 2. The minimum absolute atomic E-state index is 0.0370. The van der Waals surface area contributed by atoms with E-state index in [1.807, 2.05) is 12.1 Å².